The molecule has 5 heteroatoms. The number of aliphatic carboxylic acids is 1. The molecule has 2 N–H and O–H groups in total. The van der Waals surface area contributed by atoms with Gasteiger partial charge in [-0.2, -0.15) is 0 Å². The van der Waals surface area contributed by atoms with Gasteiger partial charge in [0.1, 0.15) is 11.9 Å². The minimum absolute atomic E-state index is 0.176. The Bertz CT molecular complexity index is 516. The van der Waals surface area contributed by atoms with Crippen LogP contribution in [-0.2, 0) is 16.0 Å². The van der Waals surface area contributed by atoms with Gasteiger partial charge >= 0.3 is 5.97 Å². The molecule has 0 spiro atoms. The SMILES string of the molecule is CC(C)C[C@H](NC(=O)C(C)CCc1ccccc1F)C(=O)O. The van der Waals surface area contributed by atoms with Crippen LogP contribution in [0.4, 0.5) is 4.39 Å². The van der Waals surface area contributed by atoms with Crippen molar-refractivity contribution in [1.29, 1.82) is 0 Å². The van der Waals surface area contributed by atoms with Crippen LogP contribution >= 0.6 is 0 Å². The fourth-order valence-electron chi connectivity index (χ4n) is 2.21. The van der Waals surface area contributed by atoms with E-state index in [0.29, 0.717) is 24.8 Å². The van der Waals surface area contributed by atoms with Gasteiger partial charge in [-0.1, -0.05) is 39.0 Å². The third-order valence-corrected chi connectivity index (χ3v) is 3.57. The molecule has 0 aliphatic heterocycles. The van der Waals surface area contributed by atoms with Crippen LogP contribution < -0.4 is 5.32 Å². The third-order valence-electron chi connectivity index (χ3n) is 3.57. The Morgan fingerprint density at radius 2 is 1.86 bits per heavy atom. The lowest BCUT2D eigenvalue weighted by Gasteiger charge is -2.19. The molecule has 0 aliphatic rings. The zero-order chi connectivity index (χ0) is 16.7. The van der Waals surface area contributed by atoms with E-state index < -0.39 is 12.0 Å². The summed E-state index contributed by atoms with van der Waals surface area (Å²) >= 11 is 0. The molecule has 0 aliphatic carbocycles. The van der Waals surface area contributed by atoms with Gasteiger partial charge in [0.25, 0.3) is 0 Å². The third kappa shape index (κ3) is 5.84. The summed E-state index contributed by atoms with van der Waals surface area (Å²) in [5.41, 5.74) is 0.569. The molecule has 1 unspecified atom stereocenters. The maximum Gasteiger partial charge on any atom is 0.326 e. The fraction of sp³-hybridized carbons (Fsp3) is 0.529. The van der Waals surface area contributed by atoms with Crippen molar-refractivity contribution < 1.29 is 19.1 Å². The second-order valence-electron chi connectivity index (χ2n) is 6.06. The number of hydrogen-bond donors (Lipinski definition) is 2. The quantitative estimate of drug-likeness (QED) is 0.776. The predicted octanol–water partition coefficient (Wildman–Crippen LogP) is 3.01. The van der Waals surface area contributed by atoms with Crippen LogP contribution in [0.5, 0.6) is 0 Å². The monoisotopic (exact) mass is 309 g/mol. The van der Waals surface area contributed by atoms with Crippen LogP contribution in [-0.4, -0.2) is 23.0 Å². The predicted molar refractivity (Wildman–Crippen MR) is 82.9 cm³/mol. The van der Waals surface area contributed by atoms with Gasteiger partial charge in [0.15, 0.2) is 0 Å². The first-order valence-corrected chi connectivity index (χ1v) is 7.57. The van der Waals surface area contributed by atoms with Crippen LogP contribution in [0, 0.1) is 17.7 Å². The standard InChI is InChI=1S/C17H24FNO3/c1-11(2)10-15(17(21)22)19-16(20)12(3)8-9-13-6-4-5-7-14(13)18/h4-7,11-12,15H,8-10H2,1-3H3,(H,19,20)(H,21,22)/t12?,15-/m0/s1. The van der Waals surface area contributed by atoms with E-state index in [9.17, 15) is 14.0 Å². The minimum Gasteiger partial charge on any atom is -0.480 e. The summed E-state index contributed by atoms with van der Waals surface area (Å²) in [4.78, 5) is 23.2. The summed E-state index contributed by atoms with van der Waals surface area (Å²) in [6.07, 6.45) is 1.31. The molecule has 0 heterocycles. The zero-order valence-corrected chi connectivity index (χ0v) is 13.3. The first-order chi connectivity index (χ1) is 10.3. The van der Waals surface area contributed by atoms with E-state index >= 15 is 0 Å². The van der Waals surface area contributed by atoms with Crippen molar-refractivity contribution in [1.82, 2.24) is 5.32 Å². The summed E-state index contributed by atoms with van der Waals surface area (Å²) in [6.45, 7) is 5.54. The van der Waals surface area contributed by atoms with Gasteiger partial charge in [-0.15, -0.1) is 0 Å². The van der Waals surface area contributed by atoms with Gasteiger partial charge in [0.05, 0.1) is 0 Å². The lowest BCUT2D eigenvalue weighted by atomic mass is 9.98. The number of aryl methyl sites for hydroxylation is 1. The van der Waals surface area contributed by atoms with E-state index in [1.54, 1.807) is 25.1 Å². The molecule has 0 saturated heterocycles. The molecule has 0 bridgehead atoms. The number of carboxylic acid groups (broad SMARTS) is 1. The molecule has 2 atom stereocenters. The second-order valence-corrected chi connectivity index (χ2v) is 6.06. The Labute approximate surface area is 130 Å². The highest BCUT2D eigenvalue weighted by atomic mass is 19.1. The number of benzene rings is 1. The Hall–Kier alpha value is -1.91. The lowest BCUT2D eigenvalue weighted by Crippen LogP contribution is -2.43. The van der Waals surface area contributed by atoms with Crippen molar-refractivity contribution in [2.24, 2.45) is 11.8 Å². The highest BCUT2D eigenvalue weighted by Crippen LogP contribution is 2.14. The smallest absolute Gasteiger partial charge is 0.326 e. The number of carboxylic acids is 1. The normalized spacial score (nSPS) is 13.7. The van der Waals surface area contributed by atoms with Gasteiger partial charge in [-0.3, -0.25) is 4.79 Å². The maximum absolute atomic E-state index is 13.5. The summed E-state index contributed by atoms with van der Waals surface area (Å²) in [5, 5.41) is 11.7. The molecule has 122 valence electrons. The number of carbonyl (C=O) groups excluding carboxylic acids is 1. The lowest BCUT2D eigenvalue weighted by molar-refractivity contribution is -0.142. The largest absolute Gasteiger partial charge is 0.480 e. The Kier molecular flexibility index (Phi) is 7.02. The second kappa shape index (κ2) is 8.51. The first kappa shape index (κ1) is 18.1. The molecule has 0 saturated carbocycles. The van der Waals surface area contributed by atoms with Crippen molar-refractivity contribution >= 4 is 11.9 Å². The minimum atomic E-state index is -1.02. The van der Waals surface area contributed by atoms with Gasteiger partial charge in [-0.25, -0.2) is 9.18 Å². The van der Waals surface area contributed by atoms with Crippen molar-refractivity contribution in [3.63, 3.8) is 0 Å². The zero-order valence-electron chi connectivity index (χ0n) is 13.3. The first-order valence-electron chi connectivity index (χ1n) is 7.57. The number of amides is 1. The molecule has 22 heavy (non-hydrogen) atoms. The van der Waals surface area contributed by atoms with E-state index in [-0.39, 0.29) is 23.6 Å². The molecule has 4 nitrogen and oxygen atoms in total. The molecular formula is C17H24FNO3. The maximum atomic E-state index is 13.5. The molecule has 1 aromatic carbocycles. The van der Waals surface area contributed by atoms with Crippen molar-refractivity contribution in [2.75, 3.05) is 0 Å². The van der Waals surface area contributed by atoms with Crippen molar-refractivity contribution in [3.8, 4) is 0 Å². The van der Waals surface area contributed by atoms with Crippen LogP contribution in [0.1, 0.15) is 39.2 Å². The van der Waals surface area contributed by atoms with Crippen LogP contribution in [0.3, 0.4) is 0 Å². The van der Waals surface area contributed by atoms with Gasteiger partial charge in [0, 0.05) is 5.92 Å². The number of hydrogen-bond acceptors (Lipinski definition) is 2. The van der Waals surface area contributed by atoms with Gasteiger partial charge < -0.3 is 10.4 Å². The topological polar surface area (TPSA) is 66.4 Å². The average Bonchev–Trinajstić information content (AvgIpc) is 2.44. The molecule has 1 amide bonds. The molecule has 0 aromatic heterocycles. The number of halogens is 1. The van der Waals surface area contributed by atoms with Gasteiger partial charge in [0.2, 0.25) is 5.91 Å². The Morgan fingerprint density at radius 1 is 1.23 bits per heavy atom. The fourth-order valence-corrected chi connectivity index (χ4v) is 2.21. The highest BCUT2D eigenvalue weighted by Gasteiger charge is 2.23. The average molecular weight is 309 g/mol. The Balaban J connectivity index is 2.54. The van der Waals surface area contributed by atoms with Crippen LogP contribution in [0.15, 0.2) is 24.3 Å². The summed E-state index contributed by atoms with van der Waals surface area (Å²) < 4.78 is 13.5. The van der Waals surface area contributed by atoms with E-state index in [0.717, 1.165) is 0 Å². The van der Waals surface area contributed by atoms with Crippen LogP contribution in [0.2, 0.25) is 0 Å². The van der Waals surface area contributed by atoms with E-state index in [1.165, 1.54) is 6.07 Å². The number of nitrogens with one attached hydrogen (secondary N) is 1. The van der Waals surface area contributed by atoms with E-state index in [4.69, 9.17) is 5.11 Å². The number of rotatable bonds is 8. The Morgan fingerprint density at radius 3 is 2.41 bits per heavy atom. The molecule has 0 radical (unpaired) electrons. The van der Waals surface area contributed by atoms with Crippen molar-refractivity contribution in [3.05, 3.63) is 35.6 Å². The number of carbonyl (C=O) groups is 2. The summed E-state index contributed by atoms with van der Waals surface area (Å²) in [5.74, 6) is -1.80. The summed E-state index contributed by atoms with van der Waals surface area (Å²) in [6, 6.07) is 5.59. The van der Waals surface area contributed by atoms with Crippen molar-refractivity contribution in [2.45, 2.75) is 46.1 Å². The van der Waals surface area contributed by atoms with Crippen LogP contribution in [0.25, 0.3) is 0 Å². The van der Waals surface area contributed by atoms with E-state index in [1.807, 2.05) is 13.8 Å². The molecular weight excluding hydrogens is 285 g/mol. The van der Waals surface area contributed by atoms with E-state index in [2.05, 4.69) is 5.32 Å². The molecule has 1 aromatic rings. The highest BCUT2D eigenvalue weighted by molar-refractivity contribution is 5.84. The molecule has 1 rings (SSSR count). The summed E-state index contributed by atoms with van der Waals surface area (Å²) in [7, 11) is 0. The van der Waals surface area contributed by atoms with Gasteiger partial charge in [-0.05, 0) is 36.8 Å². The molecule has 0 fully saturated rings.